The van der Waals surface area contributed by atoms with Crippen molar-refractivity contribution in [3.8, 4) is 6.07 Å². The number of nitrogens with two attached hydrogens (primary N) is 1. The van der Waals surface area contributed by atoms with E-state index in [4.69, 9.17) is 11.0 Å². The first-order chi connectivity index (χ1) is 6.94. The molecule has 2 fully saturated rings. The van der Waals surface area contributed by atoms with Gasteiger partial charge in [0.05, 0.1) is 22.6 Å². The maximum Gasteiger partial charge on any atom is 0.146 e. The molecule has 3 nitrogen and oxygen atoms in total. The van der Waals surface area contributed by atoms with Gasteiger partial charge < -0.3 is 5.73 Å². The molecule has 4 heteroatoms. The molecule has 15 heavy (non-hydrogen) atoms. The third kappa shape index (κ3) is 1.79. The number of nitriles is 1. The summed E-state index contributed by atoms with van der Waals surface area (Å²) in [5.41, 5.74) is 5.93. The molecule has 1 aliphatic carbocycles. The first-order valence-corrected chi connectivity index (χ1v) is 6.22. The minimum atomic E-state index is -0.178. The smallest absolute Gasteiger partial charge is 0.146 e. The zero-order valence-corrected chi connectivity index (χ0v) is 9.88. The van der Waals surface area contributed by atoms with Crippen LogP contribution in [0.25, 0.3) is 0 Å². The normalized spacial score (nSPS) is 43.5. The van der Waals surface area contributed by atoms with Crippen molar-refractivity contribution in [2.45, 2.75) is 37.3 Å². The Labute approximate surface area is 94.4 Å². The number of hydrogen-bond acceptors (Lipinski definition) is 4. The molecule has 2 rings (SSSR count). The molecule has 4 unspecified atom stereocenters. The van der Waals surface area contributed by atoms with Gasteiger partial charge in [-0.15, -0.1) is 11.8 Å². The Hall–Kier alpha value is -0.530. The Balaban J connectivity index is 2.26. The summed E-state index contributed by atoms with van der Waals surface area (Å²) in [7, 11) is 0. The van der Waals surface area contributed by atoms with Gasteiger partial charge in [0.15, 0.2) is 0 Å². The lowest BCUT2D eigenvalue weighted by Gasteiger charge is -2.36. The first-order valence-electron chi connectivity index (χ1n) is 5.28. The third-order valence-electron chi connectivity index (χ3n) is 3.42. The van der Waals surface area contributed by atoms with Crippen LogP contribution in [0.1, 0.15) is 26.7 Å². The minimum Gasteiger partial charge on any atom is -0.318 e. The molecule has 0 aromatic heterocycles. The summed E-state index contributed by atoms with van der Waals surface area (Å²) in [5, 5.41) is 8.88. The second-order valence-electron chi connectivity index (χ2n) is 5.35. The molecular weight excluding hydrogens is 208 g/mol. The molecule has 2 aliphatic rings. The maximum atomic E-state index is 11.9. The quantitative estimate of drug-likeness (QED) is 0.677. The maximum absolute atomic E-state index is 11.9. The molecule has 0 aromatic carbocycles. The van der Waals surface area contributed by atoms with Crippen molar-refractivity contribution in [2.75, 3.05) is 0 Å². The van der Waals surface area contributed by atoms with Crippen LogP contribution in [0.15, 0.2) is 0 Å². The lowest BCUT2D eigenvalue weighted by atomic mass is 9.68. The van der Waals surface area contributed by atoms with Crippen LogP contribution in [0.3, 0.4) is 0 Å². The molecule has 0 bridgehead atoms. The van der Waals surface area contributed by atoms with Gasteiger partial charge in [-0.2, -0.15) is 5.26 Å². The molecular formula is C11H16N2OS. The molecule has 1 aliphatic heterocycles. The highest BCUT2D eigenvalue weighted by atomic mass is 32.2. The SMILES string of the molecule is CC1(C)CC(=O)C2SC(N)C(C#N)C2C1. The van der Waals surface area contributed by atoms with Crippen LogP contribution in [-0.4, -0.2) is 16.4 Å². The van der Waals surface area contributed by atoms with E-state index in [-0.39, 0.29) is 33.7 Å². The van der Waals surface area contributed by atoms with Crippen LogP contribution >= 0.6 is 11.8 Å². The number of fused-ring (bicyclic) bond motifs is 1. The zero-order chi connectivity index (χ0) is 11.2. The molecule has 0 aromatic rings. The van der Waals surface area contributed by atoms with E-state index in [1.54, 1.807) is 0 Å². The monoisotopic (exact) mass is 224 g/mol. The van der Waals surface area contributed by atoms with Crippen molar-refractivity contribution >= 4 is 17.5 Å². The van der Waals surface area contributed by atoms with Gasteiger partial charge in [-0.1, -0.05) is 13.8 Å². The van der Waals surface area contributed by atoms with Crippen LogP contribution in [0, 0.1) is 28.6 Å². The van der Waals surface area contributed by atoms with E-state index in [0.29, 0.717) is 6.42 Å². The first kappa shape index (κ1) is 11.0. The van der Waals surface area contributed by atoms with Gasteiger partial charge >= 0.3 is 0 Å². The predicted octanol–water partition coefficient (Wildman–Crippen LogP) is 1.53. The van der Waals surface area contributed by atoms with Crippen LogP contribution < -0.4 is 5.73 Å². The second kappa shape index (κ2) is 3.50. The number of ketones is 1. The van der Waals surface area contributed by atoms with Gasteiger partial charge in [0.2, 0.25) is 0 Å². The number of thioether (sulfide) groups is 1. The number of nitrogens with zero attached hydrogens (tertiary/aromatic N) is 1. The number of Topliss-reactive ketones (excluding diaryl/α,β-unsaturated/α-hetero) is 1. The largest absolute Gasteiger partial charge is 0.318 e. The molecule has 2 N–H and O–H groups in total. The van der Waals surface area contributed by atoms with Gasteiger partial charge in [0.1, 0.15) is 5.78 Å². The Morgan fingerprint density at radius 3 is 2.87 bits per heavy atom. The topological polar surface area (TPSA) is 66.9 Å². The number of hydrogen-bond donors (Lipinski definition) is 1. The molecule has 82 valence electrons. The minimum absolute atomic E-state index is 0.0160. The Kier molecular flexibility index (Phi) is 2.56. The summed E-state index contributed by atoms with van der Waals surface area (Å²) in [6.45, 7) is 4.20. The van der Waals surface area contributed by atoms with E-state index < -0.39 is 0 Å². The highest BCUT2D eigenvalue weighted by Crippen LogP contribution is 2.51. The van der Waals surface area contributed by atoms with Crippen molar-refractivity contribution in [1.82, 2.24) is 0 Å². The van der Waals surface area contributed by atoms with Gasteiger partial charge in [-0.25, -0.2) is 0 Å². The lowest BCUT2D eigenvalue weighted by molar-refractivity contribution is -0.124. The second-order valence-corrected chi connectivity index (χ2v) is 6.68. The van der Waals surface area contributed by atoms with E-state index in [1.165, 1.54) is 11.8 Å². The van der Waals surface area contributed by atoms with Crippen molar-refractivity contribution in [2.24, 2.45) is 23.0 Å². The summed E-state index contributed by atoms with van der Waals surface area (Å²) in [6.07, 6.45) is 1.58. The molecule has 0 amide bonds. The number of carbonyl (C=O) groups is 1. The molecule has 1 saturated heterocycles. The summed E-state index contributed by atoms with van der Waals surface area (Å²) < 4.78 is 0. The van der Waals surface area contributed by atoms with E-state index >= 15 is 0 Å². The highest BCUT2D eigenvalue weighted by molar-refractivity contribution is 8.01. The number of carbonyl (C=O) groups excluding carboxylic acids is 1. The van der Waals surface area contributed by atoms with E-state index in [9.17, 15) is 4.79 Å². The molecule has 0 radical (unpaired) electrons. The van der Waals surface area contributed by atoms with Gasteiger partial charge in [-0.05, 0) is 17.8 Å². The van der Waals surface area contributed by atoms with Crippen LogP contribution in [0.5, 0.6) is 0 Å². The summed E-state index contributed by atoms with van der Waals surface area (Å²) in [6, 6.07) is 2.27. The fraction of sp³-hybridized carbons (Fsp3) is 0.818. The Morgan fingerprint density at radius 1 is 1.60 bits per heavy atom. The lowest BCUT2D eigenvalue weighted by Crippen LogP contribution is -2.39. The predicted molar refractivity (Wildman–Crippen MR) is 60.0 cm³/mol. The fourth-order valence-corrected chi connectivity index (χ4v) is 4.26. The summed E-state index contributed by atoms with van der Waals surface area (Å²) in [5.74, 6) is 0.309. The van der Waals surface area contributed by atoms with Gasteiger partial charge in [0, 0.05) is 6.42 Å². The van der Waals surface area contributed by atoms with Gasteiger partial charge in [-0.3, -0.25) is 4.79 Å². The average molecular weight is 224 g/mol. The summed E-state index contributed by atoms with van der Waals surface area (Å²) >= 11 is 1.50. The molecule has 1 saturated carbocycles. The zero-order valence-electron chi connectivity index (χ0n) is 9.06. The van der Waals surface area contributed by atoms with E-state index in [0.717, 1.165) is 6.42 Å². The van der Waals surface area contributed by atoms with E-state index in [2.05, 4.69) is 19.9 Å². The van der Waals surface area contributed by atoms with Gasteiger partial charge in [0.25, 0.3) is 0 Å². The van der Waals surface area contributed by atoms with Crippen LogP contribution in [0.2, 0.25) is 0 Å². The molecule has 0 spiro atoms. The van der Waals surface area contributed by atoms with Crippen molar-refractivity contribution in [1.29, 1.82) is 5.26 Å². The highest BCUT2D eigenvalue weighted by Gasteiger charge is 2.51. The Bertz CT molecular complexity index is 334. The standard InChI is InChI=1S/C11H16N2OS/c1-11(2)3-6-7(5-12)10(13)15-9(6)8(14)4-11/h6-7,9-10H,3-4,13H2,1-2H3. The Morgan fingerprint density at radius 2 is 2.27 bits per heavy atom. The van der Waals surface area contributed by atoms with Crippen molar-refractivity contribution in [3.63, 3.8) is 0 Å². The molecule has 4 atom stereocenters. The van der Waals surface area contributed by atoms with Crippen molar-refractivity contribution < 1.29 is 4.79 Å². The third-order valence-corrected chi connectivity index (χ3v) is 4.93. The van der Waals surface area contributed by atoms with Crippen molar-refractivity contribution in [3.05, 3.63) is 0 Å². The van der Waals surface area contributed by atoms with Crippen LogP contribution in [0.4, 0.5) is 0 Å². The summed E-state index contributed by atoms with van der Waals surface area (Å²) in [4.78, 5) is 11.9. The molecule has 1 heterocycles. The van der Waals surface area contributed by atoms with E-state index in [1.807, 2.05) is 0 Å². The fourth-order valence-electron chi connectivity index (χ4n) is 2.79. The number of rotatable bonds is 0. The van der Waals surface area contributed by atoms with Crippen LogP contribution in [-0.2, 0) is 4.79 Å². The average Bonchev–Trinajstić information content (AvgIpc) is 2.40.